The maximum Gasteiger partial charge on any atom is 0.412 e. The molecule has 1 amide bonds. The number of hydrogen-bond acceptors (Lipinski definition) is 7. The van der Waals surface area contributed by atoms with Crippen LogP contribution >= 0.6 is 28.4 Å². The summed E-state index contributed by atoms with van der Waals surface area (Å²) in [5.41, 5.74) is 0.764. The number of ketones is 1. The van der Waals surface area contributed by atoms with Crippen molar-refractivity contribution in [1.82, 2.24) is 4.98 Å². The van der Waals surface area contributed by atoms with E-state index >= 15 is 0 Å². The lowest BCUT2D eigenvalue weighted by Crippen LogP contribution is -2.28. The van der Waals surface area contributed by atoms with Crippen molar-refractivity contribution >= 4 is 57.9 Å². The minimum Gasteiger partial charge on any atom is -0.486 e. The zero-order valence-electron chi connectivity index (χ0n) is 20.7. The molecule has 0 saturated carbocycles. The summed E-state index contributed by atoms with van der Waals surface area (Å²) in [4.78, 5) is 31.0. The molecule has 194 valence electrons. The molecule has 0 fully saturated rings. The molecule has 0 aliphatic heterocycles. The Hall–Kier alpha value is -3.11. The molecule has 0 spiro atoms. The quantitative estimate of drug-likeness (QED) is 0.101. The van der Waals surface area contributed by atoms with Gasteiger partial charge in [-0.1, -0.05) is 30.3 Å². The number of amides is 1. The number of hydrogen-bond donors (Lipinski definition) is 3. The summed E-state index contributed by atoms with van der Waals surface area (Å²) in [5, 5.41) is 13.4. The van der Waals surface area contributed by atoms with E-state index in [1.54, 1.807) is 27.7 Å². The summed E-state index contributed by atoms with van der Waals surface area (Å²) >= 11 is 2.04. The molecule has 0 bridgehead atoms. The first-order valence-electron chi connectivity index (χ1n) is 11.2. The van der Waals surface area contributed by atoms with E-state index in [1.807, 2.05) is 52.4 Å². The Morgan fingerprint density at radius 3 is 2.49 bits per heavy atom. The maximum atomic E-state index is 14.5. The minimum absolute atomic E-state index is 0.0203. The Kier molecular flexibility index (Phi) is 9.56. The number of benzene rings is 2. The van der Waals surface area contributed by atoms with Gasteiger partial charge in [-0.3, -0.25) is 15.1 Å². The van der Waals surface area contributed by atoms with Gasteiger partial charge in [-0.25, -0.2) is 9.18 Å². The van der Waals surface area contributed by atoms with Crippen LogP contribution in [0.25, 0.3) is 0 Å². The Labute approximate surface area is 229 Å². The van der Waals surface area contributed by atoms with Gasteiger partial charge < -0.3 is 20.0 Å². The average Bonchev–Trinajstić information content (AvgIpc) is 2.84. The lowest BCUT2D eigenvalue weighted by Gasteiger charge is -2.22. The van der Waals surface area contributed by atoms with Gasteiger partial charge in [0.05, 0.1) is 28.8 Å². The second-order valence-corrected chi connectivity index (χ2v) is 11.0. The molecule has 1 unspecified atom stereocenters. The van der Waals surface area contributed by atoms with Gasteiger partial charge in [0.2, 0.25) is 0 Å². The molecule has 1 aromatic heterocycles. The van der Waals surface area contributed by atoms with Crippen molar-refractivity contribution in [3.05, 3.63) is 82.4 Å². The molecule has 8 nitrogen and oxygen atoms in total. The van der Waals surface area contributed by atoms with Crippen LogP contribution in [0.2, 0.25) is 0 Å². The highest BCUT2D eigenvalue weighted by atomic mass is 127. The number of nitrogens with zero attached hydrogens (tertiary/aromatic N) is 1. The van der Waals surface area contributed by atoms with Crippen molar-refractivity contribution in [3.63, 3.8) is 0 Å². The van der Waals surface area contributed by atoms with Crippen molar-refractivity contribution in [2.24, 2.45) is 0 Å². The van der Waals surface area contributed by atoms with Crippen LogP contribution in [0.3, 0.4) is 0 Å². The van der Waals surface area contributed by atoms with E-state index in [4.69, 9.17) is 14.9 Å². The van der Waals surface area contributed by atoms with E-state index < -0.39 is 23.3 Å². The molecular formula is C26H27FIN4O4P. The summed E-state index contributed by atoms with van der Waals surface area (Å²) in [6.07, 6.45) is 1.67. The van der Waals surface area contributed by atoms with E-state index in [2.05, 4.69) is 15.4 Å². The van der Waals surface area contributed by atoms with Gasteiger partial charge in [0, 0.05) is 23.7 Å². The van der Waals surface area contributed by atoms with Crippen molar-refractivity contribution < 1.29 is 23.5 Å². The summed E-state index contributed by atoms with van der Waals surface area (Å²) < 4.78 is 25.9. The van der Waals surface area contributed by atoms with E-state index in [1.165, 1.54) is 18.3 Å². The van der Waals surface area contributed by atoms with Crippen LogP contribution in [0, 0.1) is 18.2 Å². The van der Waals surface area contributed by atoms with Crippen LogP contribution < -0.4 is 15.1 Å². The number of nitrogens with one attached hydrogen (secondary N) is 3. The second kappa shape index (κ2) is 12.4. The van der Waals surface area contributed by atoms with E-state index in [9.17, 15) is 14.0 Å². The highest BCUT2D eigenvalue weighted by Crippen LogP contribution is 2.35. The van der Waals surface area contributed by atoms with Crippen molar-refractivity contribution in [2.45, 2.75) is 39.9 Å². The van der Waals surface area contributed by atoms with Crippen molar-refractivity contribution in [1.29, 1.82) is 5.41 Å². The first kappa shape index (κ1) is 28.5. The topological polar surface area (TPSA) is 113 Å². The molecule has 0 aliphatic carbocycles. The van der Waals surface area contributed by atoms with Gasteiger partial charge in [0.15, 0.2) is 11.5 Å². The number of pyridine rings is 1. The number of aromatic nitrogens is 1. The third kappa shape index (κ3) is 7.23. The first-order chi connectivity index (χ1) is 17.6. The number of carbonyl (C=O) groups excluding carboxylic acids is 2. The lowest BCUT2D eigenvalue weighted by molar-refractivity contribution is 0.0635. The molecule has 1 heterocycles. The number of anilines is 2. The standard InChI is InChI=1S/C26H27FIN4O4P/c1-15-22(31-25(34)36-26(2,3)4)21(20(13-30-15)35-14-16-8-6-5-7-9-16)24(33)17-10-11-19(27)23(32-37-28)18(17)12-29/h5-13,29,32,37H,14H2,1-4H3,(H,31,34). The van der Waals surface area contributed by atoms with Gasteiger partial charge in [-0.2, -0.15) is 0 Å². The monoisotopic (exact) mass is 636 g/mol. The summed E-state index contributed by atoms with van der Waals surface area (Å²) in [7, 11) is 0. The van der Waals surface area contributed by atoms with Gasteiger partial charge in [0.25, 0.3) is 0 Å². The fourth-order valence-corrected chi connectivity index (χ4v) is 4.62. The average molecular weight is 636 g/mol. The third-order valence-corrected chi connectivity index (χ3v) is 6.23. The SMILES string of the molecule is Cc1ncc(OCc2ccccc2)c(C(=O)c2ccc(F)c(NPI)c2C=N)c1NC(=O)OC(C)(C)C. The van der Waals surface area contributed by atoms with Crippen LogP contribution in [-0.4, -0.2) is 28.7 Å². The number of rotatable bonds is 9. The van der Waals surface area contributed by atoms with E-state index in [0.717, 1.165) is 11.8 Å². The Balaban J connectivity index is 2.15. The van der Waals surface area contributed by atoms with E-state index in [0.29, 0.717) is 5.69 Å². The summed E-state index contributed by atoms with van der Waals surface area (Å²) in [6.45, 7) is 6.94. The Morgan fingerprint density at radius 2 is 1.86 bits per heavy atom. The van der Waals surface area contributed by atoms with Gasteiger partial charge in [0.1, 0.15) is 18.0 Å². The van der Waals surface area contributed by atoms with Crippen LogP contribution in [0.15, 0.2) is 48.7 Å². The zero-order chi connectivity index (χ0) is 27.2. The predicted octanol–water partition coefficient (Wildman–Crippen LogP) is 7.04. The van der Waals surface area contributed by atoms with Gasteiger partial charge in [-0.05, 0) is 67.4 Å². The lowest BCUT2D eigenvalue weighted by atomic mass is 9.95. The highest BCUT2D eigenvalue weighted by Gasteiger charge is 2.28. The number of halogens is 2. The molecule has 3 aromatic rings. The Bertz CT molecular complexity index is 1320. The van der Waals surface area contributed by atoms with E-state index in [-0.39, 0.29) is 46.8 Å². The summed E-state index contributed by atoms with van der Waals surface area (Å²) in [6, 6.07) is 11.8. The van der Waals surface area contributed by atoms with Crippen molar-refractivity contribution in [2.75, 3.05) is 10.4 Å². The molecule has 3 rings (SSSR count). The minimum atomic E-state index is -0.776. The molecule has 0 radical (unpaired) electrons. The maximum absolute atomic E-state index is 14.5. The van der Waals surface area contributed by atoms with Gasteiger partial charge >= 0.3 is 6.09 Å². The van der Waals surface area contributed by atoms with Crippen LogP contribution in [0.5, 0.6) is 5.75 Å². The molecule has 0 aliphatic rings. The van der Waals surface area contributed by atoms with Crippen LogP contribution in [-0.2, 0) is 11.3 Å². The Morgan fingerprint density at radius 1 is 1.16 bits per heavy atom. The smallest absolute Gasteiger partial charge is 0.412 e. The molecule has 3 N–H and O–H groups in total. The highest BCUT2D eigenvalue weighted by molar-refractivity contribution is 14.2. The first-order valence-corrected chi connectivity index (χ1v) is 15.3. The predicted molar refractivity (Wildman–Crippen MR) is 153 cm³/mol. The molecular weight excluding hydrogens is 609 g/mol. The van der Waals surface area contributed by atoms with Crippen LogP contribution in [0.4, 0.5) is 20.6 Å². The number of aryl methyl sites for hydroxylation is 1. The molecule has 2 aromatic carbocycles. The normalized spacial score (nSPS) is 11.3. The second-order valence-electron chi connectivity index (χ2n) is 8.94. The fraction of sp³-hybridized carbons (Fsp3) is 0.231. The molecule has 37 heavy (non-hydrogen) atoms. The molecule has 11 heteroatoms. The fourth-order valence-electron chi connectivity index (χ4n) is 3.47. The number of ether oxygens (including phenoxy) is 2. The summed E-state index contributed by atoms with van der Waals surface area (Å²) in [5.74, 6) is -1.04. The van der Waals surface area contributed by atoms with Crippen molar-refractivity contribution in [3.8, 4) is 5.75 Å². The zero-order valence-corrected chi connectivity index (χ0v) is 23.9. The molecule has 1 atom stereocenters. The third-order valence-electron chi connectivity index (χ3n) is 5.08. The van der Waals surface area contributed by atoms with Gasteiger partial charge in [-0.15, -0.1) is 0 Å². The molecule has 0 saturated heterocycles. The number of carbonyl (C=O) groups is 2. The largest absolute Gasteiger partial charge is 0.486 e. The van der Waals surface area contributed by atoms with Crippen LogP contribution in [0.1, 0.15) is 53.5 Å².